The first kappa shape index (κ1) is 25.8. The summed E-state index contributed by atoms with van der Waals surface area (Å²) in [6.45, 7) is 1.08. The Hall–Kier alpha value is -5.26. The molecule has 0 saturated carbocycles. The maximum atomic E-state index is 12.7. The van der Waals surface area contributed by atoms with Gasteiger partial charge in [-0.15, -0.1) is 9.78 Å². The SMILES string of the molecule is CC(=O)O.COc1cc(C(Cc2ccc(C(=N)N)cc2)c2nn(-c3ncccn3)c(=O)[nH]2)cc2ccoc12. The minimum atomic E-state index is -0.833. The van der Waals surface area contributed by atoms with Crippen molar-refractivity contribution in [3.05, 3.63) is 100 Å². The number of amidine groups is 1. The minimum absolute atomic E-state index is 0.00387. The number of fused-ring (bicyclic) bond motifs is 1. The lowest BCUT2D eigenvalue weighted by Gasteiger charge is -2.16. The van der Waals surface area contributed by atoms with Crippen LogP contribution in [0, 0.1) is 5.41 Å². The molecular formula is C26H25N7O5. The minimum Gasteiger partial charge on any atom is -0.493 e. The van der Waals surface area contributed by atoms with E-state index in [0.717, 1.165) is 28.1 Å². The monoisotopic (exact) mass is 515 g/mol. The molecule has 1 atom stereocenters. The summed E-state index contributed by atoms with van der Waals surface area (Å²) in [5.41, 5.74) is 8.31. The van der Waals surface area contributed by atoms with Crippen LogP contribution in [0.1, 0.15) is 35.4 Å². The highest BCUT2D eigenvalue weighted by Crippen LogP contribution is 2.34. The second-order valence-electron chi connectivity index (χ2n) is 8.22. The average molecular weight is 516 g/mol. The number of carboxylic acids is 1. The molecule has 38 heavy (non-hydrogen) atoms. The van der Waals surface area contributed by atoms with Crippen LogP contribution in [0.25, 0.3) is 16.9 Å². The summed E-state index contributed by atoms with van der Waals surface area (Å²) in [4.78, 5) is 32.9. The normalized spacial score (nSPS) is 11.4. The van der Waals surface area contributed by atoms with Crippen LogP contribution in [0.5, 0.6) is 5.75 Å². The fourth-order valence-electron chi connectivity index (χ4n) is 3.89. The molecule has 5 N–H and O–H groups in total. The number of nitrogens with two attached hydrogens (primary N) is 1. The molecule has 0 aliphatic carbocycles. The van der Waals surface area contributed by atoms with E-state index in [9.17, 15) is 4.79 Å². The van der Waals surface area contributed by atoms with Crippen molar-refractivity contribution in [1.29, 1.82) is 5.41 Å². The third kappa shape index (κ3) is 5.75. The second kappa shape index (κ2) is 11.2. The number of aliphatic carboxylic acids is 1. The molecule has 1 unspecified atom stereocenters. The van der Waals surface area contributed by atoms with Crippen LogP contribution < -0.4 is 16.2 Å². The van der Waals surface area contributed by atoms with Crippen molar-refractivity contribution >= 4 is 22.8 Å². The second-order valence-corrected chi connectivity index (χ2v) is 8.22. The fraction of sp³-hybridized carbons (Fsp3) is 0.154. The molecular weight excluding hydrogens is 490 g/mol. The molecule has 12 nitrogen and oxygen atoms in total. The Bertz CT molecular complexity index is 1620. The van der Waals surface area contributed by atoms with Gasteiger partial charge in [0.25, 0.3) is 11.9 Å². The van der Waals surface area contributed by atoms with Gasteiger partial charge in [0.2, 0.25) is 0 Å². The van der Waals surface area contributed by atoms with Gasteiger partial charge in [0.05, 0.1) is 13.4 Å². The number of aromatic nitrogens is 5. The van der Waals surface area contributed by atoms with E-state index < -0.39 is 11.7 Å². The number of rotatable bonds is 7. The van der Waals surface area contributed by atoms with Crippen LogP contribution in [0.15, 0.2) is 76.4 Å². The third-order valence-corrected chi connectivity index (χ3v) is 5.57. The molecule has 0 bridgehead atoms. The Balaban J connectivity index is 0.000000786. The van der Waals surface area contributed by atoms with Gasteiger partial charge in [-0.3, -0.25) is 15.2 Å². The van der Waals surface area contributed by atoms with Crippen molar-refractivity contribution in [2.24, 2.45) is 5.73 Å². The lowest BCUT2D eigenvalue weighted by molar-refractivity contribution is -0.134. The number of aromatic amines is 1. The fourth-order valence-corrected chi connectivity index (χ4v) is 3.89. The van der Waals surface area contributed by atoms with Gasteiger partial charge in [-0.1, -0.05) is 24.3 Å². The first-order chi connectivity index (χ1) is 18.3. The van der Waals surface area contributed by atoms with Crippen LogP contribution in [0.2, 0.25) is 0 Å². The van der Waals surface area contributed by atoms with Gasteiger partial charge < -0.3 is 20.0 Å². The van der Waals surface area contributed by atoms with Crippen molar-refractivity contribution in [2.45, 2.75) is 19.3 Å². The summed E-state index contributed by atoms with van der Waals surface area (Å²) in [5, 5.41) is 20.4. The Labute approximate surface area is 216 Å². The van der Waals surface area contributed by atoms with E-state index in [2.05, 4.69) is 20.1 Å². The number of nitrogen functional groups attached to an aromatic ring is 1. The van der Waals surface area contributed by atoms with Crippen LogP contribution in [-0.4, -0.2) is 48.8 Å². The topological polar surface area (TPSA) is 186 Å². The number of benzene rings is 2. The molecule has 0 spiro atoms. The molecule has 5 rings (SSSR count). The van der Waals surface area contributed by atoms with Crippen LogP contribution in [0.3, 0.4) is 0 Å². The number of nitrogens with one attached hydrogen (secondary N) is 2. The van der Waals surface area contributed by atoms with E-state index in [1.54, 1.807) is 44.0 Å². The van der Waals surface area contributed by atoms with Gasteiger partial charge in [-0.25, -0.2) is 14.8 Å². The predicted octanol–water partition coefficient (Wildman–Crippen LogP) is 2.85. The average Bonchev–Trinajstić information content (AvgIpc) is 3.53. The number of hydrogen-bond donors (Lipinski definition) is 4. The number of carbonyl (C=O) groups is 1. The first-order valence-electron chi connectivity index (χ1n) is 11.4. The third-order valence-electron chi connectivity index (χ3n) is 5.57. The molecule has 194 valence electrons. The Morgan fingerprint density at radius 1 is 1.21 bits per heavy atom. The van der Waals surface area contributed by atoms with E-state index >= 15 is 0 Å². The zero-order valence-corrected chi connectivity index (χ0v) is 20.6. The maximum Gasteiger partial charge on any atom is 0.350 e. The first-order valence-corrected chi connectivity index (χ1v) is 11.4. The van der Waals surface area contributed by atoms with E-state index in [-0.39, 0.29) is 17.7 Å². The highest BCUT2D eigenvalue weighted by Gasteiger charge is 2.23. The number of ether oxygens (including phenoxy) is 1. The molecule has 0 radical (unpaired) electrons. The van der Waals surface area contributed by atoms with Crippen molar-refractivity contribution in [1.82, 2.24) is 24.7 Å². The Morgan fingerprint density at radius 2 is 1.89 bits per heavy atom. The number of methoxy groups -OCH3 is 1. The van der Waals surface area contributed by atoms with Crippen molar-refractivity contribution in [3.63, 3.8) is 0 Å². The lowest BCUT2D eigenvalue weighted by Crippen LogP contribution is -2.18. The van der Waals surface area contributed by atoms with E-state index in [1.807, 2.05) is 30.3 Å². The Morgan fingerprint density at radius 3 is 2.53 bits per heavy atom. The Kier molecular flexibility index (Phi) is 7.61. The lowest BCUT2D eigenvalue weighted by atomic mass is 9.90. The number of nitrogens with zero attached hydrogens (tertiary/aromatic N) is 4. The van der Waals surface area contributed by atoms with Crippen molar-refractivity contribution < 1.29 is 19.1 Å². The molecule has 0 aliphatic heterocycles. The van der Waals surface area contributed by atoms with Gasteiger partial charge in [0.1, 0.15) is 11.7 Å². The van der Waals surface area contributed by atoms with Gasteiger partial charge >= 0.3 is 5.69 Å². The predicted molar refractivity (Wildman–Crippen MR) is 139 cm³/mol. The number of carboxylic acid groups (broad SMARTS) is 1. The molecule has 2 aromatic carbocycles. The number of furan rings is 1. The quantitative estimate of drug-likeness (QED) is 0.187. The smallest absolute Gasteiger partial charge is 0.350 e. The van der Waals surface area contributed by atoms with E-state index in [4.69, 9.17) is 30.2 Å². The zero-order valence-electron chi connectivity index (χ0n) is 20.6. The van der Waals surface area contributed by atoms with Crippen molar-refractivity contribution in [3.8, 4) is 11.7 Å². The van der Waals surface area contributed by atoms with Crippen LogP contribution in [-0.2, 0) is 11.2 Å². The van der Waals surface area contributed by atoms with Crippen molar-refractivity contribution in [2.75, 3.05) is 7.11 Å². The highest BCUT2D eigenvalue weighted by atomic mass is 16.5. The number of H-pyrrole nitrogens is 1. The van der Waals surface area contributed by atoms with E-state index in [1.165, 1.54) is 0 Å². The van der Waals surface area contributed by atoms with Crippen LogP contribution >= 0.6 is 0 Å². The summed E-state index contributed by atoms with van der Waals surface area (Å²) < 4.78 is 12.3. The van der Waals surface area contributed by atoms with Gasteiger partial charge in [-0.05, 0) is 41.8 Å². The molecule has 12 heteroatoms. The standard InChI is InChI=1S/C24H21N7O3.C2H4O2/c1-33-19-13-17(12-16-7-10-34-20(16)19)18(11-14-3-5-15(6-4-14)21(25)26)22-29-24(32)31(30-22)23-27-8-2-9-28-23;1-2(3)4/h2-10,12-13,18H,11H2,1H3,(H3,25,26)(H,29,30,32);1H3,(H,3,4). The van der Waals surface area contributed by atoms with Gasteiger partial charge in [0.15, 0.2) is 11.3 Å². The van der Waals surface area contributed by atoms with Gasteiger partial charge in [0, 0.05) is 36.2 Å². The highest BCUT2D eigenvalue weighted by molar-refractivity contribution is 5.94. The molecule has 0 saturated heterocycles. The summed E-state index contributed by atoms with van der Waals surface area (Å²) in [7, 11) is 1.58. The maximum absolute atomic E-state index is 12.7. The molecule has 0 amide bonds. The molecule has 0 fully saturated rings. The summed E-state index contributed by atoms with van der Waals surface area (Å²) in [5.74, 6) is 0.0706. The van der Waals surface area contributed by atoms with Gasteiger partial charge in [-0.2, -0.15) is 0 Å². The molecule has 5 aromatic rings. The number of hydrogen-bond acceptors (Lipinski definition) is 8. The largest absolute Gasteiger partial charge is 0.493 e. The summed E-state index contributed by atoms with van der Waals surface area (Å²) in [6.07, 6.45) is 5.23. The molecule has 0 aliphatic rings. The van der Waals surface area contributed by atoms with E-state index in [0.29, 0.717) is 29.1 Å². The molecule has 3 aromatic heterocycles. The van der Waals surface area contributed by atoms with Crippen LogP contribution in [0.4, 0.5) is 0 Å². The zero-order chi connectivity index (χ0) is 27.2. The summed E-state index contributed by atoms with van der Waals surface area (Å²) >= 11 is 0. The molecule has 3 heterocycles. The summed E-state index contributed by atoms with van der Waals surface area (Å²) in [6, 6.07) is 14.8.